The molecule has 2 nitrogen and oxygen atoms in total. The van der Waals surface area contributed by atoms with Crippen LogP contribution in [0.5, 0.6) is 5.75 Å². The Balaban J connectivity index is 1.83. The van der Waals surface area contributed by atoms with Gasteiger partial charge in [-0.25, -0.2) is 0 Å². The van der Waals surface area contributed by atoms with Crippen LogP contribution in [0.25, 0.3) is 10.8 Å². The van der Waals surface area contributed by atoms with Gasteiger partial charge in [0.1, 0.15) is 5.75 Å². The summed E-state index contributed by atoms with van der Waals surface area (Å²) in [6.45, 7) is 4.58. The maximum atomic E-state index is 5.29. The third-order valence-corrected chi connectivity index (χ3v) is 5.08. The minimum absolute atomic E-state index is 0.383. The zero-order valence-corrected chi connectivity index (χ0v) is 13.3. The molecule has 0 spiro atoms. The molecule has 1 N–H and O–H groups in total. The lowest BCUT2D eigenvalue weighted by Crippen LogP contribution is -2.51. The van der Waals surface area contributed by atoms with Gasteiger partial charge in [-0.2, -0.15) is 0 Å². The first kappa shape index (κ1) is 14.4. The lowest BCUT2D eigenvalue weighted by molar-refractivity contribution is 0.160. The Bertz CT molecular complexity index is 625. The quantitative estimate of drug-likeness (QED) is 0.848. The molecule has 1 saturated carbocycles. The maximum absolute atomic E-state index is 5.29. The molecule has 112 valence electrons. The average Bonchev–Trinajstić information content (AvgIpc) is 2.49. The molecule has 0 aromatic heterocycles. The molecule has 0 saturated heterocycles. The summed E-state index contributed by atoms with van der Waals surface area (Å²) in [7, 11) is 1.71. The second-order valence-corrected chi connectivity index (χ2v) is 6.33. The lowest BCUT2D eigenvalue weighted by atomic mass is 9.74. The third-order valence-electron chi connectivity index (χ3n) is 5.08. The van der Waals surface area contributed by atoms with E-state index >= 15 is 0 Å². The van der Waals surface area contributed by atoms with E-state index in [-0.39, 0.29) is 0 Å². The molecular formula is C19H25NO. The third kappa shape index (κ3) is 2.77. The number of methoxy groups -OCH3 is 1. The normalized spacial score (nSPS) is 18.2. The van der Waals surface area contributed by atoms with Gasteiger partial charge in [0, 0.05) is 11.6 Å². The van der Waals surface area contributed by atoms with Crippen molar-refractivity contribution in [3.63, 3.8) is 0 Å². The molecule has 3 rings (SSSR count). The lowest BCUT2D eigenvalue weighted by Gasteiger charge is -2.44. The molecule has 1 aliphatic carbocycles. The van der Waals surface area contributed by atoms with E-state index in [1.807, 2.05) is 6.07 Å². The van der Waals surface area contributed by atoms with Crippen LogP contribution in [0.4, 0.5) is 0 Å². The van der Waals surface area contributed by atoms with Crippen molar-refractivity contribution in [1.82, 2.24) is 5.32 Å². The van der Waals surface area contributed by atoms with Crippen LogP contribution in [0, 0.1) is 0 Å². The van der Waals surface area contributed by atoms with Crippen molar-refractivity contribution in [2.45, 2.75) is 51.1 Å². The number of ether oxygens (including phenoxy) is 1. The summed E-state index contributed by atoms with van der Waals surface area (Å²) in [4.78, 5) is 0. The van der Waals surface area contributed by atoms with Gasteiger partial charge in [0.15, 0.2) is 0 Å². The predicted molar refractivity (Wildman–Crippen MR) is 88.9 cm³/mol. The maximum Gasteiger partial charge on any atom is 0.119 e. The molecule has 1 unspecified atom stereocenters. The van der Waals surface area contributed by atoms with Crippen LogP contribution >= 0.6 is 0 Å². The fourth-order valence-electron chi connectivity index (χ4n) is 3.38. The summed E-state index contributed by atoms with van der Waals surface area (Å²) in [5.74, 6) is 0.917. The molecule has 2 heteroatoms. The van der Waals surface area contributed by atoms with E-state index in [4.69, 9.17) is 4.74 Å². The van der Waals surface area contributed by atoms with E-state index in [1.165, 1.54) is 42.0 Å². The Kier molecular flexibility index (Phi) is 3.90. The molecule has 2 aromatic carbocycles. The van der Waals surface area contributed by atoms with Gasteiger partial charge in [-0.05, 0) is 67.1 Å². The molecule has 1 atom stereocenters. The van der Waals surface area contributed by atoms with Gasteiger partial charge >= 0.3 is 0 Å². The van der Waals surface area contributed by atoms with Crippen LogP contribution in [0.2, 0.25) is 0 Å². The molecule has 2 aromatic rings. The fraction of sp³-hybridized carbons (Fsp3) is 0.474. The number of benzene rings is 2. The fourth-order valence-corrected chi connectivity index (χ4v) is 3.38. The molecule has 0 aliphatic heterocycles. The Morgan fingerprint density at radius 1 is 1.14 bits per heavy atom. The first-order valence-electron chi connectivity index (χ1n) is 8.01. The highest BCUT2D eigenvalue weighted by molar-refractivity contribution is 5.84. The molecule has 21 heavy (non-hydrogen) atoms. The van der Waals surface area contributed by atoms with E-state index < -0.39 is 0 Å². The van der Waals surface area contributed by atoms with Crippen LogP contribution in [0.3, 0.4) is 0 Å². The van der Waals surface area contributed by atoms with E-state index in [0.29, 0.717) is 11.6 Å². The van der Waals surface area contributed by atoms with Crippen molar-refractivity contribution in [1.29, 1.82) is 0 Å². The molecule has 1 fully saturated rings. The van der Waals surface area contributed by atoms with Crippen molar-refractivity contribution >= 4 is 10.8 Å². The highest BCUT2D eigenvalue weighted by Crippen LogP contribution is 2.37. The Morgan fingerprint density at radius 3 is 2.48 bits per heavy atom. The van der Waals surface area contributed by atoms with Gasteiger partial charge in [0.05, 0.1) is 7.11 Å². The number of hydrogen-bond donors (Lipinski definition) is 1. The van der Waals surface area contributed by atoms with Crippen molar-refractivity contribution in [3.8, 4) is 5.75 Å². The van der Waals surface area contributed by atoms with Crippen molar-refractivity contribution in [2.75, 3.05) is 7.11 Å². The van der Waals surface area contributed by atoms with E-state index in [9.17, 15) is 0 Å². The van der Waals surface area contributed by atoms with Gasteiger partial charge in [0.25, 0.3) is 0 Å². The summed E-state index contributed by atoms with van der Waals surface area (Å²) in [5.41, 5.74) is 1.75. The van der Waals surface area contributed by atoms with Crippen LogP contribution in [0.1, 0.15) is 51.1 Å². The summed E-state index contributed by atoms with van der Waals surface area (Å²) in [5, 5.41) is 6.37. The largest absolute Gasteiger partial charge is 0.497 e. The molecule has 0 amide bonds. The molecule has 0 bridgehead atoms. The zero-order valence-electron chi connectivity index (χ0n) is 13.3. The highest BCUT2D eigenvalue weighted by atomic mass is 16.5. The number of hydrogen-bond acceptors (Lipinski definition) is 2. The minimum atomic E-state index is 0.383. The predicted octanol–water partition coefficient (Wildman–Crippen LogP) is 4.83. The molecule has 1 aliphatic rings. The second kappa shape index (κ2) is 5.69. The van der Waals surface area contributed by atoms with Gasteiger partial charge in [-0.1, -0.05) is 25.1 Å². The Hall–Kier alpha value is -1.54. The van der Waals surface area contributed by atoms with Crippen LogP contribution in [-0.4, -0.2) is 12.6 Å². The SMILES string of the molecule is CCC1(NC(C)c2ccc3cc(OC)ccc3c2)CCC1. The first-order valence-corrected chi connectivity index (χ1v) is 8.01. The summed E-state index contributed by atoms with van der Waals surface area (Å²) in [6, 6.07) is 13.4. The van der Waals surface area contributed by atoms with E-state index in [1.54, 1.807) is 7.11 Å². The van der Waals surface area contributed by atoms with Gasteiger partial charge in [0.2, 0.25) is 0 Å². The zero-order chi connectivity index (χ0) is 14.9. The smallest absolute Gasteiger partial charge is 0.119 e. The topological polar surface area (TPSA) is 21.3 Å². The number of rotatable bonds is 5. The second-order valence-electron chi connectivity index (χ2n) is 6.33. The monoisotopic (exact) mass is 283 g/mol. The molecular weight excluding hydrogens is 258 g/mol. The van der Waals surface area contributed by atoms with Crippen LogP contribution in [-0.2, 0) is 0 Å². The molecule has 0 radical (unpaired) electrons. The van der Waals surface area contributed by atoms with Gasteiger partial charge < -0.3 is 10.1 Å². The van der Waals surface area contributed by atoms with Crippen LogP contribution in [0.15, 0.2) is 36.4 Å². The van der Waals surface area contributed by atoms with Crippen molar-refractivity contribution in [2.24, 2.45) is 0 Å². The summed E-state index contributed by atoms with van der Waals surface area (Å²) >= 11 is 0. The average molecular weight is 283 g/mol. The minimum Gasteiger partial charge on any atom is -0.497 e. The van der Waals surface area contributed by atoms with Gasteiger partial charge in [-0.3, -0.25) is 0 Å². The van der Waals surface area contributed by atoms with Gasteiger partial charge in [-0.15, -0.1) is 0 Å². The first-order chi connectivity index (χ1) is 10.2. The summed E-state index contributed by atoms with van der Waals surface area (Å²) < 4.78 is 5.29. The Morgan fingerprint density at radius 2 is 1.86 bits per heavy atom. The Labute approximate surface area is 127 Å². The molecule has 0 heterocycles. The number of fused-ring (bicyclic) bond motifs is 1. The van der Waals surface area contributed by atoms with E-state index in [0.717, 1.165) is 5.75 Å². The van der Waals surface area contributed by atoms with E-state index in [2.05, 4.69) is 49.5 Å². The van der Waals surface area contributed by atoms with Crippen molar-refractivity contribution < 1.29 is 4.74 Å². The number of nitrogens with one attached hydrogen (secondary N) is 1. The highest BCUT2D eigenvalue weighted by Gasteiger charge is 2.35. The van der Waals surface area contributed by atoms with Crippen LogP contribution < -0.4 is 10.1 Å². The standard InChI is InChI=1S/C19H25NO/c1-4-19(10-5-11-19)20-14(2)15-6-7-17-13-18(21-3)9-8-16(17)12-15/h6-9,12-14,20H,4-5,10-11H2,1-3H3. The van der Waals surface area contributed by atoms with Crippen molar-refractivity contribution in [3.05, 3.63) is 42.0 Å². The summed E-state index contributed by atoms with van der Waals surface area (Å²) in [6.07, 6.45) is 5.23.